The van der Waals surface area contributed by atoms with E-state index in [4.69, 9.17) is 4.74 Å². The summed E-state index contributed by atoms with van der Waals surface area (Å²) in [6, 6.07) is 14.8. The molecular formula is C18H21N3O. The van der Waals surface area contributed by atoms with Gasteiger partial charge >= 0.3 is 0 Å². The van der Waals surface area contributed by atoms with Gasteiger partial charge in [0.25, 0.3) is 0 Å². The lowest BCUT2D eigenvalue weighted by Gasteiger charge is -2.61. The fraction of sp³-hybridized carbons (Fsp3) is 0.389. The standard InChI is InChI=1S/C18H21N3O/c1-22-17-8-7-16(9-19-17)21-13-18(14-21)11-20(12-18)10-15-5-3-2-4-6-15/h2-9H,10-14H2,1H3. The molecular weight excluding hydrogens is 274 g/mol. The maximum atomic E-state index is 5.11. The third-order valence-electron chi connectivity index (χ3n) is 4.71. The molecule has 0 aliphatic carbocycles. The summed E-state index contributed by atoms with van der Waals surface area (Å²) in [5.41, 5.74) is 3.12. The van der Waals surface area contributed by atoms with Gasteiger partial charge in [0.15, 0.2) is 0 Å². The molecule has 22 heavy (non-hydrogen) atoms. The maximum Gasteiger partial charge on any atom is 0.213 e. The fourth-order valence-electron chi connectivity index (χ4n) is 3.68. The van der Waals surface area contributed by atoms with Crippen LogP contribution in [0.1, 0.15) is 5.56 Å². The molecule has 0 saturated carbocycles. The SMILES string of the molecule is COc1ccc(N2CC3(CN(Cc4ccccc4)C3)C2)cn1. The first-order chi connectivity index (χ1) is 10.8. The van der Waals surface area contributed by atoms with Crippen LogP contribution in [0.4, 0.5) is 5.69 Å². The largest absolute Gasteiger partial charge is 0.481 e. The Bertz CT molecular complexity index is 627. The predicted octanol–water partition coefficient (Wildman–Crippen LogP) is 2.41. The number of benzene rings is 1. The van der Waals surface area contributed by atoms with E-state index in [0.29, 0.717) is 11.3 Å². The highest BCUT2D eigenvalue weighted by atomic mass is 16.5. The van der Waals surface area contributed by atoms with E-state index < -0.39 is 0 Å². The lowest BCUT2D eigenvalue weighted by Crippen LogP contribution is -2.71. The van der Waals surface area contributed by atoms with Crippen molar-refractivity contribution >= 4 is 5.69 Å². The van der Waals surface area contributed by atoms with Gasteiger partial charge in [-0.3, -0.25) is 4.90 Å². The smallest absolute Gasteiger partial charge is 0.213 e. The molecule has 2 saturated heterocycles. The van der Waals surface area contributed by atoms with Crippen LogP contribution in [0.3, 0.4) is 0 Å². The first-order valence-electron chi connectivity index (χ1n) is 7.78. The number of hydrogen-bond acceptors (Lipinski definition) is 4. The van der Waals surface area contributed by atoms with Crippen molar-refractivity contribution < 1.29 is 4.74 Å². The number of hydrogen-bond donors (Lipinski definition) is 0. The van der Waals surface area contributed by atoms with Gasteiger partial charge in [0, 0.05) is 44.2 Å². The van der Waals surface area contributed by atoms with Gasteiger partial charge in [0.1, 0.15) is 0 Å². The van der Waals surface area contributed by atoms with E-state index in [-0.39, 0.29) is 0 Å². The van der Waals surface area contributed by atoms with E-state index in [2.05, 4.69) is 51.2 Å². The molecule has 2 aliphatic rings. The van der Waals surface area contributed by atoms with Crippen LogP contribution < -0.4 is 9.64 Å². The molecule has 0 radical (unpaired) electrons. The van der Waals surface area contributed by atoms with Crippen molar-refractivity contribution in [3.63, 3.8) is 0 Å². The summed E-state index contributed by atoms with van der Waals surface area (Å²) in [7, 11) is 1.65. The van der Waals surface area contributed by atoms with Gasteiger partial charge in [-0.05, 0) is 11.6 Å². The Balaban J connectivity index is 1.29. The molecule has 2 aromatic rings. The van der Waals surface area contributed by atoms with Crippen LogP contribution in [-0.4, -0.2) is 43.2 Å². The number of pyridine rings is 1. The molecule has 114 valence electrons. The van der Waals surface area contributed by atoms with E-state index in [1.165, 1.54) is 24.3 Å². The second-order valence-electron chi connectivity index (χ2n) is 6.55. The highest BCUT2D eigenvalue weighted by molar-refractivity contribution is 5.49. The number of aromatic nitrogens is 1. The summed E-state index contributed by atoms with van der Waals surface area (Å²) in [6.45, 7) is 5.79. The number of methoxy groups -OCH3 is 1. The number of anilines is 1. The second-order valence-corrected chi connectivity index (χ2v) is 6.55. The zero-order valence-electron chi connectivity index (χ0n) is 12.9. The van der Waals surface area contributed by atoms with Gasteiger partial charge < -0.3 is 9.64 Å². The molecule has 2 aliphatic heterocycles. The van der Waals surface area contributed by atoms with Crippen molar-refractivity contribution in [2.24, 2.45) is 5.41 Å². The van der Waals surface area contributed by atoms with Crippen LogP contribution in [0.15, 0.2) is 48.7 Å². The molecule has 0 bridgehead atoms. The normalized spacial score (nSPS) is 19.6. The predicted molar refractivity (Wildman–Crippen MR) is 87.2 cm³/mol. The summed E-state index contributed by atoms with van der Waals surface area (Å²) < 4.78 is 5.11. The second kappa shape index (κ2) is 5.29. The van der Waals surface area contributed by atoms with Crippen LogP contribution in [0.25, 0.3) is 0 Å². The van der Waals surface area contributed by atoms with Gasteiger partial charge in [-0.15, -0.1) is 0 Å². The minimum absolute atomic E-state index is 0.509. The molecule has 4 heteroatoms. The summed E-state index contributed by atoms with van der Waals surface area (Å²) >= 11 is 0. The van der Waals surface area contributed by atoms with E-state index >= 15 is 0 Å². The van der Waals surface area contributed by atoms with E-state index in [0.717, 1.165) is 19.6 Å². The topological polar surface area (TPSA) is 28.6 Å². The maximum absolute atomic E-state index is 5.11. The molecule has 4 rings (SSSR count). The Labute approximate surface area is 131 Å². The third kappa shape index (κ3) is 2.44. The quantitative estimate of drug-likeness (QED) is 0.866. The van der Waals surface area contributed by atoms with Crippen molar-refractivity contribution in [3.05, 3.63) is 54.2 Å². The van der Waals surface area contributed by atoms with Gasteiger partial charge in [-0.1, -0.05) is 30.3 Å². The minimum Gasteiger partial charge on any atom is -0.481 e. The van der Waals surface area contributed by atoms with Crippen LogP contribution in [-0.2, 0) is 6.54 Å². The Hall–Kier alpha value is -2.07. The minimum atomic E-state index is 0.509. The molecule has 1 aromatic heterocycles. The summed E-state index contributed by atoms with van der Waals surface area (Å²) in [5.74, 6) is 0.677. The molecule has 1 aromatic carbocycles. The fourth-order valence-corrected chi connectivity index (χ4v) is 3.68. The number of nitrogens with zero attached hydrogens (tertiary/aromatic N) is 3. The van der Waals surface area contributed by atoms with Crippen LogP contribution in [0, 0.1) is 5.41 Å². The van der Waals surface area contributed by atoms with Gasteiger partial charge in [-0.25, -0.2) is 4.98 Å². The summed E-state index contributed by atoms with van der Waals surface area (Å²) in [4.78, 5) is 9.24. The molecule has 0 atom stereocenters. The van der Waals surface area contributed by atoms with Crippen LogP contribution in [0.2, 0.25) is 0 Å². The highest BCUT2D eigenvalue weighted by Crippen LogP contribution is 2.42. The van der Waals surface area contributed by atoms with Gasteiger partial charge in [0.2, 0.25) is 5.88 Å². The van der Waals surface area contributed by atoms with Crippen molar-refractivity contribution in [1.82, 2.24) is 9.88 Å². The average molecular weight is 295 g/mol. The first kappa shape index (κ1) is 13.6. The van der Waals surface area contributed by atoms with Crippen molar-refractivity contribution in [3.8, 4) is 5.88 Å². The van der Waals surface area contributed by atoms with E-state index in [1.54, 1.807) is 7.11 Å². The Morgan fingerprint density at radius 2 is 1.82 bits per heavy atom. The summed E-state index contributed by atoms with van der Waals surface area (Å²) in [5, 5.41) is 0. The molecule has 2 fully saturated rings. The lowest BCUT2D eigenvalue weighted by atomic mass is 9.72. The van der Waals surface area contributed by atoms with E-state index in [9.17, 15) is 0 Å². The number of rotatable bonds is 4. The molecule has 1 spiro atoms. The molecule has 0 N–H and O–H groups in total. The summed E-state index contributed by atoms with van der Waals surface area (Å²) in [6.07, 6.45) is 1.91. The third-order valence-corrected chi connectivity index (χ3v) is 4.71. The van der Waals surface area contributed by atoms with Crippen LogP contribution in [0.5, 0.6) is 5.88 Å². The zero-order chi connectivity index (χ0) is 15.0. The average Bonchev–Trinajstić information content (AvgIpc) is 2.49. The molecule has 0 amide bonds. The Morgan fingerprint density at radius 3 is 2.45 bits per heavy atom. The Kier molecular flexibility index (Phi) is 3.26. The molecule has 3 heterocycles. The van der Waals surface area contributed by atoms with Crippen molar-refractivity contribution in [2.75, 3.05) is 38.2 Å². The van der Waals surface area contributed by atoms with Crippen LogP contribution >= 0.6 is 0 Å². The highest BCUT2D eigenvalue weighted by Gasteiger charge is 2.51. The van der Waals surface area contributed by atoms with Gasteiger partial charge in [-0.2, -0.15) is 0 Å². The molecule has 0 unspecified atom stereocenters. The monoisotopic (exact) mass is 295 g/mol. The molecule has 4 nitrogen and oxygen atoms in total. The van der Waals surface area contributed by atoms with Crippen molar-refractivity contribution in [1.29, 1.82) is 0 Å². The lowest BCUT2D eigenvalue weighted by molar-refractivity contribution is -0.0273. The van der Waals surface area contributed by atoms with Crippen molar-refractivity contribution in [2.45, 2.75) is 6.54 Å². The van der Waals surface area contributed by atoms with E-state index in [1.807, 2.05) is 12.3 Å². The first-order valence-corrected chi connectivity index (χ1v) is 7.78. The Morgan fingerprint density at radius 1 is 1.05 bits per heavy atom. The number of likely N-dealkylation sites (tertiary alicyclic amines) is 1. The zero-order valence-corrected chi connectivity index (χ0v) is 12.9. The number of ether oxygens (including phenoxy) is 1. The van der Waals surface area contributed by atoms with Gasteiger partial charge in [0.05, 0.1) is 19.0 Å².